The highest BCUT2D eigenvalue weighted by Gasteiger charge is 2.13. The van der Waals surface area contributed by atoms with Crippen molar-refractivity contribution in [2.75, 3.05) is 13.6 Å². The van der Waals surface area contributed by atoms with Gasteiger partial charge in [-0.25, -0.2) is 0 Å². The first kappa shape index (κ1) is 15.2. The van der Waals surface area contributed by atoms with E-state index in [-0.39, 0.29) is 6.10 Å². The van der Waals surface area contributed by atoms with Gasteiger partial charge in [-0.05, 0) is 38.0 Å². The molecule has 0 atom stereocenters. The summed E-state index contributed by atoms with van der Waals surface area (Å²) >= 11 is 0. The first-order chi connectivity index (χ1) is 8.90. The van der Waals surface area contributed by atoms with Crippen molar-refractivity contribution in [3.63, 3.8) is 0 Å². The van der Waals surface area contributed by atoms with Gasteiger partial charge >= 0.3 is 0 Å². The number of rotatable bonds is 6. The summed E-state index contributed by atoms with van der Waals surface area (Å²) in [4.78, 5) is 23.8. The van der Waals surface area contributed by atoms with E-state index in [2.05, 4.69) is 0 Å². The molecule has 0 radical (unpaired) electrons. The van der Waals surface area contributed by atoms with E-state index in [0.29, 0.717) is 6.54 Å². The molecule has 0 aliphatic carbocycles. The minimum Gasteiger partial charge on any atom is -0.491 e. The van der Waals surface area contributed by atoms with Gasteiger partial charge < -0.3 is 9.64 Å². The minimum atomic E-state index is -0.445. The highest BCUT2D eigenvalue weighted by atomic mass is 16.5. The van der Waals surface area contributed by atoms with Crippen LogP contribution in [0.25, 0.3) is 0 Å². The number of carbonyl (C=O) groups is 2. The molecule has 1 amide bonds. The Labute approximate surface area is 114 Å². The maximum atomic E-state index is 11.4. The zero-order chi connectivity index (χ0) is 14.4. The molecule has 0 heterocycles. The van der Waals surface area contributed by atoms with Gasteiger partial charge in [0, 0.05) is 20.5 Å². The number of benzene rings is 1. The van der Waals surface area contributed by atoms with E-state index in [9.17, 15) is 9.59 Å². The molecule has 1 aromatic carbocycles. The molecule has 0 fully saturated rings. The lowest BCUT2D eigenvalue weighted by atomic mass is 10.1. The third-order valence-corrected chi connectivity index (χ3v) is 2.68. The topological polar surface area (TPSA) is 46.6 Å². The Morgan fingerprint density at radius 2 is 1.79 bits per heavy atom. The lowest BCUT2D eigenvalue weighted by Gasteiger charge is -2.15. The van der Waals surface area contributed by atoms with Crippen molar-refractivity contribution in [3.05, 3.63) is 29.8 Å². The van der Waals surface area contributed by atoms with E-state index in [1.165, 1.54) is 11.8 Å². The average Bonchev–Trinajstić information content (AvgIpc) is 2.35. The Hall–Kier alpha value is -1.84. The van der Waals surface area contributed by atoms with Crippen LogP contribution in [0.5, 0.6) is 5.75 Å². The van der Waals surface area contributed by atoms with Crippen LogP contribution in [0.4, 0.5) is 0 Å². The van der Waals surface area contributed by atoms with Crippen molar-refractivity contribution >= 4 is 11.7 Å². The Balaban J connectivity index is 2.50. The number of nitrogens with zero attached hydrogens (tertiary/aromatic N) is 1. The first-order valence-corrected chi connectivity index (χ1v) is 6.41. The molecular weight excluding hydrogens is 242 g/mol. The van der Waals surface area contributed by atoms with E-state index < -0.39 is 11.7 Å². The number of amides is 1. The summed E-state index contributed by atoms with van der Waals surface area (Å²) in [6, 6.07) is 7.79. The molecule has 1 rings (SSSR count). The normalized spacial score (nSPS) is 10.4. The largest absolute Gasteiger partial charge is 0.491 e. The number of hydrogen-bond donors (Lipinski definition) is 0. The lowest BCUT2D eigenvalue weighted by Crippen LogP contribution is -2.33. The number of likely N-dealkylation sites (N-methyl/N-ethyl adjacent to an activating group) is 1. The van der Waals surface area contributed by atoms with E-state index >= 15 is 0 Å². The summed E-state index contributed by atoms with van der Waals surface area (Å²) < 4.78 is 5.56. The molecule has 4 nitrogen and oxygen atoms in total. The van der Waals surface area contributed by atoms with Gasteiger partial charge in [0.15, 0.2) is 0 Å². The molecule has 0 spiro atoms. The minimum absolute atomic E-state index is 0.158. The molecule has 19 heavy (non-hydrogen) atoms. The highest BCUT2D eigenvalue weighted by molar-refractivity contribution is 6.34. The number of hydrogen-bond acceptors (Lipinski definition) is 3. The molecule has 0 aromatic heterocycles. The van der Waals surface area contributed by atoms with Crippen molar-refractivity contribution in [1.82, 2.24) is 4.90 Å². The zero-order valence-electron chi connectivity index (χ0n) is 12.0. The molecule has 1 aromatic rings. The van der Waals surface area contributed by atoms with Crippen LogP contribution in [0.2, 0.25) is 0 Å². The zero-order valence-corrected chi connectivity index (χ0v) is 12.0. The number of ketones is 1. The van der Waals surface area contributed by atoms with E-state index in [1.807, 2.05) is 38.1 Å². The van der Waals surface area contributed by atoms with Gasteiger partial charge in [0.1, 0.15) is 5.75 Å². The van der Waals surface area contributed by atoms with Crippen LogP contribution in [-0.4, -0.2) is 36.3 Å². The van der Waals surface area contributed by atoms with Gasteiger partial charge in [0.2, 0.25) is 5.78 Å². The van der Waals surface area contributed by atoms with Gasteiger partial charge in [-0.15, -0.1) is 0 Å². The molecule has 104 valence electrons. The maximum Gasteiger partial charge on any atom is 0.289 e. The van der Waals surface area contributed by atoms with Crippen LogP contribution < -0.4 is 4.74 Å². The van der Waals surface area contributed by atoms with E-state index in [4.69, 9.17) is 4.74 Å². The Morgan fingerprint density at radius 1 is 1.21 bits per heavy atom. The molecule has 0 saturated heterocycles. The molecule has 0 aliphatic heterocycles. The van der Waals surface area contributed by atoms with Crippen LogP contribution in [0, 0.1) is 0 Å². The summed E-state index contributed by atoms with van der Waals surface area (Å²) in [5.41, 5.74) is 1.11. The highest BCUT2D eigenvalue weighted by Crippen LogP contribution is 2.14. The Bertz CT molecular complexity index is 437. The van der Waals surface area contributed by atoms with E-state index in [1.54, 1.807) is 7.05 Å². The predicted molar refractivity (Wildman–Crippen MR) is 74.2 cm³/mol. The van der Waals surface area contributed by atoms with Gasteiger partial charge in [0.25, 0.3) is 5.91 Å². The third-order valence-electron chi connectivity index (χ3n) is 2.68. The lowest BCUT2D eigenvalue weighted by molar-refractivity contribution is -0.142. The second-order valence-electron chi connectivity index (χ2n) is 4.84. The maximum absolute atomic E-state index is 11.4. The van der Waals surface area contributed by atoms with Crippen molar-refractivity contribution in [1.29, 1.82) is 0 Å². The summed E-state index contributed by atoms with van der Waals surface area (Å²) in [6.45, 7) is 5.78. The SMILES string of the molecule is CC(=O)C(=O)N(C)CCc1ccc(OC(C)C)cc1. The standard InChI is InChI=1S/C15H21NO3/c1-11(2)19-14-7-5-13(6-8-14)9-10-16(4)15(18)12(3)17/h5-8,11H,9-10H2,1-4H3. The first-order valence-electron chi connectivity index (χ1n) is 6.41. The Kier molecular flexibility index (Phi) is 5.55. The molecule has 0 unspecified atom stereocenters. The fourth-order valence-corrected chi connectivity index (χ4v) is 1.67. The van der Waals surface area contributed by atoms with Crippen molar-refractivity contribution in [3.8, 4) is 5.75 Å². The number of carbonyl (C=O) groups excluding carboxylic acids is 2. The smallest absolute Gasteiger partial charge is 0.289 e. The molecule has 0 saturated carbocycles. The van der Waals surface area contributed by atoms with Crippen molar-refractivity contribution in [2.24, 2.45) is 0 Å². The third kappa shape index (κ3) is 5.12. The summed E-state index contributed by atoms with van der Waals surface area (Å²) in [6.07, 6.45) is 0.877. The molecule has 0 bridgehead atoms. The van der Waals surface area contributed by atoms with Gasteiger partial charge in [0.05, 0.1) is 6.10 Å². The summed E-state index contributed by atoms with van der Waals surface area (Å²) in [5, 5.41) is 0. The van der Waals surface area contributed by atoms with Crippen LogP contribution in [0.3, 0.4) is 0 Å². The van der Waals surface area contributed by atoms with Crippen LogP contribution in [0.1, 0.15) is 26.3 Å². The fraction of sp³-hybridized carbons (Fsp3) is 0.467. The Morgan fingerprint density at radius 3 is 2.26 bits per heavy atom. The monoisotopic (exact) mass is 263 g/mol. The second kappa shape index (κ2) is 6.92. The van der Waals surface area contributed by atoms with Gasteiger partial charge in [-0.3, -0.25) is 9.59 Å². The average molecular weight is 263 g/mol. The van der Waals surface area contributed by atoms with Crippen LogP contribution in [0.15, 0.2) is 24.3 Å². The number of Topliss-reactive ketones (excluding diaryl/α,β-unsaturated/α-hetero) is 1. The fourth-order valence-electron chi connectivity index (χ4n) is 1.67. The van der Waals surface area contributed by atoms with E-state index in [0.717, 1.165) is 17.7 Å². The summed E-state index contributed by atoms with van der Waals surface area (Å²) in [5.74, 6) is -0.0325. The molecule has 4 heteroatoms. The molecule has 0 N–H and O–H groups in total. The van der Waals surface area contributed by atoms with Crippen LogP contribution in [-0.2, 0) is 16.0 Å². The second-order valence-corrected chi connectivity index (χ2v) is 4.84. The molecule has 0 aliphatic rings. The molecular formula is C15H21NO3. The summed E-state index contributed by atoms with van der Waals surface area (Å²) in [7, 11) is 1.64. The van der Waals surface area contributed by atoms with Crippen molar-refractivity contribution in [2.45, 2.75) is 33.3 Å². The van der Waals surface area contributed by atoms with Gasteiger partial charge in [-0.1, -0.05) is 12.1 Å². The van der Waals surface area contributed by atoms with Gasteiger partial charge in [-0.2, -0.15) is 0 Å². The number of ether oxygens (including phenoxy) is 1. The quantitative estimate of drug-likeness (QED) is 0.738. The van der Waals surface area contributed by atoms with Crippen molar-refractivity contribution < 1.29 is 14.3 Å². The predicted octanol–water partition coefficient (Wildman–Crippen LogP) is 2.06. The van der Waals surface area contributed by atoms with Crippen LogP contribution >= 0.6 is 0 Å².